The minimum atomic E-state index is 0. The predicted octanol–water partition coefficient (Wildman–Crippen LogP) is -1.05. The van der Waals surface area contributed by atoms with Crippen molar-refractivity contribution in [1.82, 2.24) is 4.90 Å². The molecule has 17 heavy (non-hydrogen) atoms. The van der Waals surface area contributed by atoms with Crippen molar-refractivity contribution in [2.24, 2.45) is 17.8 Å². The molecule has 4 bridgehead atoms. The van der Waals surface area contributed by atoms with Gasteiger partial charge in [0.15, 0.2) is 0 Å². The molecule has 96 valence electrons. The highest BCUT2D eigenvalue weighted by molar-refractivity contribution is 5.52. The third kappa shape index (κ3) is 1.83. The highest BCUT2D eigenvalue weighted by Crippen LogP contribution is 2.57. The van der Waals surface area contributed by atoms with Crippen LogP contribution in [0.4, 0.5) is 0 Å². The summed E-state index contributed by atoms with van der Waals surface area (Å²) in [5.74, 6) is 3.22. The van der Waals surface area contributed by atoms with Crippen molar-refractivity contribution in [2.75, 3.05) is 20.1 Å². The zero-order valence-corrected chi connectivity index (χ0v) is 12.9. The van der Waals surface area contributed by atoms with Crippen molar-refractivity contribution >= 4 is 6.34 Å². The number of rotatable bonds is 1. The highest BCUT2D eigenvalue weighted by Gasteiger charge is 2.56. The lowest BCUT2D eigenvalue weighted by atomic mass is 9.52. The normalized spacial score (nSPS) is 47.0. The van der Waals surface area contributed by atoms with Crippen molar-refractivity contribution < 1.29 is 28.6 Å². The van der Waals surface area contributed by atoms with Crippen LogP contribution in [0.15, 0.2) is 0 Å². The topological polar surface area (TPSA) is 6.25 Å². The number of hydrogen-bond donors (Lipinski definition) is 0. The monoisotopic (exact) mass is 346 g/mol. The average molecular weight is 346 g/mol. The zero-order chi connectivity index (χ0) is 10.8. The number of halogens is 1. The molecule has 5 aliphatic rings. The van der Waals surface area contributed by atoms with E-state index in [1.807, 2.05) is 0 Å². The van der Waals surface area contributed by atoms with Crippen LogP contribution in [-0.2, 0) is 0 Å². The quantitative estimate of drug-likeness (QED) is 0.434. The fourth-order valence-corrected chi connectivity index (χ4v) is 5.40. The van der Waals surface area contributed by atoms with Crippen molar-refractivity contribution in [3.8, 4) is 0 Å². The largest absolute Gasteiger partial charge is 1.00 e. The van der Waals surface area contributed by atoms with Crippen LogP contribution < -0.4 is 24.0 Å². The van der Waals surface area contributed by atoms with E-state index < -0.39 is 0 Å². The SMILES string of the molecule is C[N+]1=CN(C23CC4CC(CC(C4)C2)C3)CC1.[I-]. The van der Waals surface area contributed by atoms with Crippen LogP contribution in [-0.4, -0.2) is 41.5 Å². The Morgan fingerprint density at radius 1 is 1.06 bits per heavy atom. The second kappa shape index (κ2) is 4.10. The molecule has 0 N–H and O–H groups in total. The molecule has 2 nitrogen and oxygen atoms in total. The maximum Gasteiger partial charge on any atom is 0.234 e. The van der Waals surface area contributed by atoms with E-state index in [0.29, 0.717) is 5.54 Å². The maximum atomic E-state index is 2.72. The summed E-state index contributed by atoms with van der Waals surface area (Å²) >= 11 is 0. The highest BCUT2D eigenvalue weighted by atomic mass is 127. The molecule has 3 heteroatoms. The molecule has 0 aromatic heterocycles. The second-order valence-corrected chi connectivity index (χ2v) is 6.93. The van der Waals surface area contributed by atoms with Gasteiger partial charge in [-0.2, -0.15) is 0 Å². The van der Waals surface area contributed by atoms with Gasteiger partial charge in [0.25, 0.3) is 0 Å². The molecule has 0 saturated heterocycles. The van der Waals surface area contributed by atoms with E-state index in [1.54, 1.807) is 19.3 Å². The van der Waals surface area contributed by atoms with E-state index in [1.165, 1.54) is 32.4 Å². The lowest BCUT2D eigenvalue weighted by Gasteiger charge is -2.56. The molecule has 0 unspecified atom stereocenters. The molecule has 4 saturated carbocycles. The summed E-state index contributed by atoms with van der Waals surface area (Å²) in [6.45, 7) is 2.52. The fraction of sp³-hybridized carbons (Fsp3) is 0.929. The minimum absolute atomic E-state index is 0. The lowest BCUT2D eigenvalue weighted by molar-refractivity contribution is -0.482. The van der Waals surface area contributed by atoms with Gasteiger partial charge in [0.05, 0.1) is 7.05 Å². The summed E-state index contributed by atoms with van der Waals surface area (Å²) in [6, 6.07) is 0. The standard InChI is InChI=1S/C14H23N2.HI/c1-15-2-3-16(10-15)14-7-11-4-12(8-14)6-13(5-11)9-14;/h10-13H,2-9H2,1H3;1H/q+1;/p-1. The summed E-state index contributed by atoms with van der Waals surface area (Å²) in [4.78, 5) is 2.72. The Morgan fingerprint density at radius 2 is 1.59 bits per heavy atom. The molecular formula is C14H23IN2. The van der Waals surface area contributed by atoms with Crippen LogP contribution >= 0.6 is 0 Å². The molecule has 0 atom stereocenters. The Balaban J connectivity index is 0.000000902. The van der Waals surface area contributed by atoms with Crippen LogP contribution in [0.1, 0.15) is 38.5 Å². The van der Waals surface area contributed by atoms with Gasteiger partial charge in [-0.3, -0.25) is 9.48 Å². The van der Waals surface area contributed by atoms with Gasteiger partial charge in [-0.15, -0.1) is 0 Å². The third-order valence-electron chi connectivity index (χ3n) is 5.65. The summed E-state index contributed by atoms with van der Waals surface area (Å²) in [7, 11) is 2.22. The van der Waals surface area contributed by atoms with Gasteiger partial charge in [0.1, 0.15) is 18.6 Å². The van der Waals surface area contributed by atoms with Gasteiger partial charge in [-0.05, 0) is 56.3 Å². The lowest BCUT2D eigenvalue weighted by Crippen LogP contribution is -3.00. The molecule has 1 heterocycles. The molecule has 5 rings (SSSR count). The number of nitrogens with zero attached hydrogens (tertiary/aromatic N) is 2. The first-order valence-electron chi connectivity index (χ1n) is 7.05. The molecule has 0 aromatic rings. The smallest absolute Gasteiger partial charge is 0.234 e. The van der Waals surface area contributed by atoms with Crippen molar-refractivity contribution in [1.29, 1.82) is 0 Å². The van der Waals surface area contributed by atoms with Gasteiger partial charge >= 0.3 is 0 Å². The van der Waals surface area contributed by atoms with E-state index in [9.17, 15) is 0 Å². The Hall–Kier alpha value is 0.200. The van der Waals surface area contributed by atoms with Crippen LogP contribution in [0.3, 0.4) is 0 Å². The van der Waals surface area contributed by atoms with Crippen LogP contribution in [0, 0.1) is 17.8 Å². The van der Waals surface area contributed by atoms with Gasteiger partial charge in [0, 0.05) is 0 Å². The van der Waals surface area contributed by atoms with Crippen molar-refractivity contribution in [3.05, 3.63) is 0 Å². The van der Waals surface area contributed by atoms with Crippen molar-refractivity contribution in [2.45, 2.75) is 44.1 Å². The van der Waals surface area contributed by atoms with E-state index in [0.717, 1.165) is 17.8 Å². The molecular weight excluding hydrogens is 323 g/mol. The number of hydrogen-bond acceptors (Lipinski definition) is 1. The first-order chi connectivity index (χ1) is 7.73. The molecule has 0 amide bonds. The molecule has 0 radical (unpaired) electrons. The average Bonchev–Trinajstić information content (AvgIpc) is 2.63. The van der Waals surface area contributed by atoms with Gasteiger partial charge in [0.2, 0.25) is 6.34 Å². The van der Waals surface area contributed by atoms with Crippen molar-refractivity contribution in [3.63, 3.8) is 0 Å². The molecule has 1 aliphatic heterocycles. The van der Waals surface area contributed by atoms with Gasteiger partial charge < -0.3 is 24.0 Å². The molecule has 0 spiro atoms. The molecule has 0 aromatic carbocycles. The molecule has 4 aliphatic carbocycles. The molecule has 4 fully saturated rings. The van der Waals surface area contributed by atoms with Crippen LogP contribution in [0.2, 0.25) is 0 Å². The fourth-order valence-electron chi connectivity index (χ4n) is 5.40. The summed E-state index contributed by atoms with van der Waals surface area (Å²) in [5.41, 5.74) is 0.597. The van der Waals surface area contributed by atoms with Gasteiger partial charge in [-0.25, -0.2) is 0 Å². The minimum Gasteiger partial charge on any atom is -1.00 e. The summed E-state index contributed by atoms with van der Waals surface area (Å²) < 4.78 is 2.37. The van der Waals surface area contributed by atoms with Crippen LogP contribution in [0.5, 0.6) is 0 Å². The zero-order valence-electron chi connectivity index (χ0n) is 10.7. The Bertz CT molecular complexity index is 315. The Kier molecular flexibility index (Phi) is 2.96. The third-order valence-corrected chi connectivity index (χ3v) is 5.65. The maximum absolute atomic E-state index is 2.72. The van der Waals surface area contributed by atoms with Crippen LogP contribution in [0.25, 0.3) is 0 Å². The van der Waals surface area contributed by atoms with E-state index in [-0.39, 0.29) is 24.0 Å². The summed E-state index contributed by atoms with van der Waals surface area (Å²) in [6.07, 6.45) is 11.6. The van der Waals surface area contributed by atoms with E-state index in [2.05, 4.69) is 22.9 Å². The van der Waals surface area contributed by atoms with Gasteiger partial charge in [-0.1, -0.05) is 0 Å². The Labute approximate surface area is 121 Å². The first-order valence-corrected chi connectivity index (χ1v) is 7.05. The predicted molar refractivity (Wildman–Crippen MR) is 64.7 cm³/mol. The first kappa shape index (κ1) is 12.2. The number of likely N-dealkylation sites (N-methyl/N-ethyl adjacent to an activating group) is 1. The Morgan fingerprint density at radius 3 is 2.00 bits per heavy atom. The van der Waals surface area contributed by atoms with E-state index >= 15 is 0 Å². The summed E-state index contributed by atoms with van der Waals surface area (Å²) in [5, 5.41) is 0. The second-order valence-electron chi connectivity index (χ2n) is 6.93. The van der Waals surface area contributed by atoms with E-state index in [4.69, 9.17) is 0 Å².